The molecule has 0 radical (unpaired) electrons. The monoisotopic (exact) mass is 293 g/mol. The second-order valence-electron chi connectivity index (χ2n) is 5.24. The molecule has 3 rings (SSSR count). The van der Waals surface area contributed by atoms with Crippen molar-refractivity contribution >= 4 is 17.7 Å². The molecule has 1 heterocycles. The highest BCUT2D eigenvalue weighted by Crippen LogP contribution is 2.51. The van der Waals surface area contributed by atoms with Crippen LogP contribution in [-0.2, 0) is 16.8 Å². The summed E-state index contributed by atoms with van der Waals surface area (Å²) in [4.78, 5) is 15.0. The zero-order valence-corrected chi connectivity index (χ0v) is 12.1. The Balaban J connectivity index is 2.23. The van der Waals surface area contributed by atoms with Gasteiger partial charge in [-0.2, -0.15) is 4.99 Å². The Kier molecular flexibility index (Phi) is 3.45. The number of benzene rings is 1. The van der Waals surface area contributed by atoms with Gasteiger partial charge in [-0.25, -0.2) is 4.79 Å². The molecule has 0 bridgehead atoms. The quantitative estimate of drug-likeness (QED) is 0.630. The third-order valence-corrected chi connectivity index (χ3v) is 4.53. The molecule has 20 heavy (non-hydrogen) atoms. The van der Waals surface area contributed by atoms with Crippen LogP contribution >= 0.6 is 11.6 Å². The first kappa shape index (κ1) is 13.5. The molecule has 1 saturated carbocycles. The largest absolute Gasteiger partial charge is 0.453 e. The van der Waals surface area contributed by atoms with Crippen LogP contribution in [0, 0.1) is 0 Å². The van der Waals surface area contributed by atoms with Crippen LogP contribution in [0.1, 0.15) is 43.7 Å². The van der Waals surface area contributed by atoms with Crippen LogP contribution in [0.15, 0.2) is 11.1 Å². The first-order valence-corrected chi connectivity index (χ1v) is 7.30. The highest BCUT2D eigenvalue weighted by molar-refractivity contribution is 6.32. The lowest BCUT2D eigenvalue weighted by molar-refractivity contribution is 0.173. The van der Waals surface area contributed by atoms with Crippen LogP contribution in [0.5, 0.6) is 11.5 Å². The predicted molar refractivity (Wildman–Crippen MR) is 75.2 cm³/mol. The van der Waals surface area contributed by atoms with Gasteiger partial charge in [0, 0.05) is 5.56 Å². The summed E-state index contributed by atoms with van der Waals surface area (Å²) in [5, 5.41) is 0.525. The van der Waals surface area contributed by atoms with Crippen molar-refractivity contribution in [2.24, 2.45) is 4.99 Å². The molecule has 2 aliphatic rings. The third-order valence-electron chi connectivity index (χ3n) is 4.25. The van der Waals surface area contributed by atoms with Gasteiger partial charge in [-0.15, -0.1) is 0 Å². The van der Waals surface area contributed by atoms with Gasteiger partial charge in [-0.05, 0) is 30.9 Å². The molecule has 1 aromatic rings. The van der Waals surface area contributed by atoms with E-state index in [0.717, 1.165) is 43.2 Å². The summed E-state index contributed by atoms with van der Waals surface area (Å²) >= 11 is 6.30. The average Bonchev–Trinajstić information content (AvgIpc) is 3.08. The average molecular weight is 294 g/mol. The Morgan fingerprint density at radius 3 is 2.70 bits per heavy atom. The minimum atomic E-state index is -0.488. The minimum Gasteiger partial charge on any atom is -0.453 e. The molecular weight excluding hydrogens is 278 g/mol. The van der Waals surface area contributed by atoms with Crippen LogP contribution in [0.4, 0.5) is 0 Å². The van der Waals surface area contributed by atoms with Crippen LogP contribution in [0.3, 0.4) is 0 Å². The Hall–Kier alpha value is -1.51. The van der Waals surface area contributed by atoms with Gasteiger partial charge in [0.15, 0.2) is 11.5 Å². The van der Waals surface area contributed by atoms with E-state index in [4.69, 9.17) is 21.1 Å². The minimum absolute atomic E-state index is 0.190. The van der Waals surface area contributed by atoms with Crippen molar-refractivity contribution in [3.05, 3.63) is 22.2 Å². The predicted octanol–water partition coefficient (Wildman–Crippen LogP) is 3.74. The van der Waals surface area contributed by atoms with E-state index in [2.05, 4.69) is 11.9 Å². The van der Waals surface area contributed by atoms with Crippen molar-refractivity contribution in [3.8, 4) is 11.5 Å². The Morgan fingerprint density at radius 2 is 2.05 bits per heavy atom. The van der Waals surface area contributed by atoms with Gasteiger partial charge in [0.2, 0.25) is 12.9 Å². The van der Waals surface area contributed by atoms with Crippen molar-refractivity contribution in [3.63, 3.8) is 0 Å². The van der Waals surface area contributed by atoms with E-state index in [1.54, 1.807) is 6.08 Å². The van der Waals surface area contributed by atoms with Crippen molar-refractivity contribution in [1.29, 1.82) is 0 Å². The van der Waals surface area contributed by atoms with Crippen LogP contribution in [-0.4, -0.2) is 12.9 Å². The Morgan fingerprint density at radius 1 is 1.35 bits per heavy atom. The number of carbonyl (C=O) groups excluding carboxylic acids is 1. The number of isocyanates is 1. The van der Waals surface area contributed by atoms with Gasteiger partial charge in [0.25, 0.3) is 0 Å². The molecule has 0 aromatic heterocycles. The van der Waals surface area contributed by atoms with Crippen molar-refractivity contribution in [2.75, 3.05) is 6.79 Å². The van der Waals surface area contributed by atoms with E-state index >= 15 is 0 Å². The summed E-state index contributed by atoms with van der Waals surface area (Å²) in [5.41, 5.74) is 1.55. The highest BCUT2D eigenvalue weighted by atomic mass is 35.5. The molecule has 0 unspecified atom stereocenters. The van der Waals surface area contributed by atoms with E-state index in [-0.39, 0.29) is 6.79 Å². The Bertz CT molecular complexity index is 587. The molecular formula is C15H16ClNO3. The van der Waals surface area contributed by atoms with Crippen LogP contribution < -0.4 is 9.47 Å². The fourth-order valence-corrected chi connectivity index (χ4v) is 3.59. The molecule has 0 atom stereocenters. The summed E-state index contributed by atoms with van der Waals surface area (Å²) in [6.45, 7) is 2.25. The number of rotatable bonds is 3. The molecule has 4 nitrogen and oxygen atoms in total. The SMILES string of the molecule is CCc1c(C2(N=C=O)CCCC2)cc(Cl)c2c1OCO2. The third kappa shape index (κ3) is 1.91. The molecule has 106 valence electrons. The summed E-state index contributed by atoms with van der Waals surface area (Å²) in [6, 6.07) is 1.89. The van der Waals surface area contributed by atoms with Crippen molar-refractivity contribution < 1.29 is 14.3 Å². The maximum Gasteiger partial charge on any atom is 0.235 e. The van der Waals surface area contributed by atoms with E-state index in [1.165, 1.54) is 0 Å². The molecule has 1 fully saturated rings. The molecule has 0 spiro atoms. The molecule has 0 amide bonds. The number of aliphatic imine (C=N–C) groups is 1. The molecule has 5 heteroatoms. The molecule has 0 saturated heterocycles. The number of ether oxygens (including phenoxy) is 2. The topological polar surface area (TPSA) is 47.9 Å². The highest BCUT2D eigenvalue weighted by Gasteiger charge is 2.40. The van der Waals surface area contributed by atoms with E-state index < -0.39 is 5.54 Å². The molecule has 1 aliphatic carbocycles. The van der Waals surface area contributed by atoms with Gasteiger partial charge >= 0.3 is 0 Å². The number of halogens is 1. The second kappa shape index (κ2) is 5.12. The first-order valence-electron chi connectivity index (χ1n) is 6.92. The zero-order chi connectivity index (χ0) is 14.2. The lowest BCUT2D eigenvalue weighted by Gasteiger charge is -2.26. The lowest BCUT2D eigenvalue weighted by atomic mass is 9.84. The summed E-state index contributed by atoms with van der Waals surface area (Å²) in [5.74, 6) is 1.32. The normalized spacial score (nSPS) is 18.9. The number of nitrogens with zero attached hydrogens (tertiary/aromatic N) is 1. The van der Waals surface area contributed by atoms with E-state index in [0.29, 0.717) is 16.5 Å². The summed E-state index contributed by atoms with van der Waals surface area (Å²) < 4.78 is 11.0. The van der Waals surface area contributed by atoms with Crippen molar-refractivity contribution in [2.45, 2.75) is 44.6 Å². The smallest absolute Gasteiger partial charge is 0.235 e. The number of hydrogen-bond donors (Lipinski definition) is 0. The molecule has 1 aromatic carbocycles. The summed E-state index contributed by atoms with van der Waals surface area (Å²) in [7, 11) is 0. The lowest BCUT2D eigenvalue weighted by Crippen LogP contribution is -2.21. The fourth-order valence-electron chi connectivity index (χ4n) is 3.34. The van der Waals surface area contributed by atoms with Crippen molar-refractivity contribution in [1.82, 2.24) is 0 Å². The maximum absolute atomic E-state index is 10.9. The van der Waals surface area contributed by atoms with Gasteiger partial charge in [0.05, 0.1) is 10.6 Å². The first-order chi connectivity index (χ1) is 9.72. The van der Waals surface area contributed by atoms with E-state index in [1.807, 2.05) is 6.07 Å². The fraction of sp³-hybridized carbons (Fsp3) is 0.533. The van der Waals surface area contributed by atoms with Crippen LogP contribution in [0.2, 0.25) is 5.02 Å². The Labute approximate surface area is 122 Å². The molecule has 1 aliphatic heterocycles. The summed E-state index contributed by atoms with van der Waals surface area (Å²) in [6.07, 6.45) is 6.35. The number of fused-ring (bicyclic) bond motifs is 1. The van der Waals surface area contributed by atoms with Gasteiger partial charge < -0.3 is 9.47 Å². The maximum atomic E-state index is 10.9. The number of hydrogen-bond acceptors (Lipinski definition) is 4. The standard InChI is InChI=1S/C15H16ClNO3/c1-2-10-11(15(17-8-18)5-3-4-6-15)7-12(16)14-13(10)19-9-20-14/h7H,2-6,9H2,1H3. The van der Waals surface area contributed by atoms with E-state index in [9.17, 15) is 4.79 Å². The van der Waals surface area contributed by atoms with Gasteiger partial charge in [0.1, 0.15) is 0 Å². The van der Waals surface area contributed by atoms with Gasteiger partial charge in [-0.1, -0.05) is 31.4 Å². The van der Waals surface area contributed by atoms with Crippen LogP contribution in [0.25, 0.3) is 0 Å². The second-order valence-corrected chi connectivity index (χ2v) is 5.65. The zero-order valence-electron chi connectivity index (χ0n) is 11.4. The molecule has 0 N–H and O–H groups in total. The van der Waals surface area contributed by atoms with Gasteiger partial charge in [-0.3, -0.25) is 0 Å².